The number of aliphatic hydroxyl groups excluding tert-OH is 1. The molecule has 1 aromatic heterocycles. The summed E-state index contributed by atoms with van der Waals surface area (Å²) in [5, 5.41) is 23.9. The zero-order chi connectivity index (χ0) is 20.9. The summed E-state index contributed by atoms with van der Waals surface area (Å²) in [6, 6.07) is 0. The van der Waals surface area contributed by atoms with Crippen molar-refractivity contribution in [1.29, 1.82) is 5.41 Å². The summed E-state index contributed by atoms with van der Waals surface area (Å²) >= 11 is 1.52. The second kappa shape index (κ2) is 9.34. The van der Waals surface area contributed by atoms with Crippen LogP contribution in [0.2, 0.25) is 0 Å². The Labute approximate surface area is 173 Å². The third-order valence-electron chi connectivity index (χ3n) is 5.08. The molecule has 1 amide bonds. The highest BCUT2D eigenvalue weighted by molar-refractivity contribution is 7.09. The molecular weight excluding hydrogens is 392 g/mol. The van der Waals surface area contributed by atoms with Crippen LogP contribution >= 0.6 is 11.3 Å². The monoisotopic (exact) mass is 418 g/mol. The summed E-state index contributed by atoms with van der Waals surface area (Å²) in [4.78, 5) is 18.2. The molecule has 0 spiro atoms. The summed E-state index contributed by atoms with van der Waals surface area (Å²) in [5.41, 5.74) is 2.89. The number of hydrogen-bond donors (Lipinski definition) is 4. The minimum absolute atomic E-state index is 0.163. The Morgan fingerprint density at radius 3 is 2.79 bits per heavy atom. The van der Waals surface area contributed by atoms with Gasteiger partial charge in [-0.2, -0.15) is 0 Å². The standard InChI is InChI=1S/C20H26N4O4S/c1-13-17(29-12-23-13)10-28-14-3-4-16(21)15(9-14)18(22-2)19(26)24-20(11-25)5-7-27-8-6-20/h3-4,9,12,21-22,25H,5-8,10-11H2,1-2H3,(H,24,26)/b18-15-,21-16?. The molecule has 0 saturated carbocycles. The minimum Gasteiger partial charge on any atom is -0.488 e. The molecule has 4 N–H and O–H groups in total. The fraction of sp³-hybridized carbons (Fsp3) is 0.450. The minimum atomic E-state index is -0.711. The molecule has 156 valence electrons. The average Bonchev–Trinajstić information content (AvgIpc) is 3.14. The van der Waals surface area contributed by atoms with E-state index in [0.29, 0.717) is 44.0 Å². The van der Waals surface area contributed by atoms with Gasteiger partial charge in [0.1, 0.15) is 18.1 Å². The lowest BCUT2D eigenvalue weighted by Gasteiger charge is -2.36. The van der Waals surface area contributed by atoms with E-state index in [4.69, 9.17) is 14.9 Å². The van der Waals surface area contributed by atoms with Crippen molar-refractivity contribution >= 4 is 23.0 Å². The summed E-state index contributed by atoms with van der Waals surface area (Å²) in [6.07, 6.45) is 6.07. The Kier molecular flexibility index (Phi) is 6.83. The van der Waals surface area contributed by atoms with E-state index in [-0.39, 0.29) is 23.9 Å². The molecule has 0 radical (unpaired) electrons. The van der Waals surface area contributed by atoms with Gasteiger partial charge >= 0.3 is 0 Å². The van der Waals surface area contributed by atoms with Crippen molar-refractivity contribution in [3.8, 4) is 0 Å². The average molecular weight is 419 g/mol. The van der Waals surface area contributed by atoms with Crippen LogP contribution in [-0.2, 0) is 20.9 Å². The third kappa shape index (κ3) is 4.92. The molecule has 1 fully saturated rings. The van der Waals surface area contributed by atoms with E-state index >= 15 is 0 Å². The SMILES string of the molecule is CN/C(C(=O)NC1(CO)CCOCC1)=C1/C=C(OCc2scnc2C)C=CC1=N. The van der Waals surface area contributed by atoms with Gasteiger partial charge in [0.15, 0.2) is 0 Å². The summed E-state index contributed by atoms with van der Waals surface area (Å²) < 4.78 is 11.2. The number of hydrogen-bond acceptors (Lipinski definition) is 8. The van der Waals surface area contributed by atoms with E-state index in [2.05, 4.69) is 15.6 Å². The number of aliphatic hydroxyl groups is 1. The number of nitrogens with zero attached hydrogens (tertiary/aromatic N) is 1. The molecule has 2 aliphatic rings. The lowest BCUT2D eigenvalue weighted by molar-refractivity contribution is -0.121. The van der Waals surface area contributed by atoms with Crippen molar-refractivity contribution in [3.05, 3.63) is 51.3 Å². The van der Waals surface area contributed by atoms with Gasteiger partial charge < -0.3 is 30.6 Å². The Bertz CT molecular complexity index is 866. The van der Waals surface area contributed by atoms with Crippen molar-refractivity contribution in [3.63, 3.8) is 0 Å². The van der Waals surface area contributed by atoms with Gasteiger partial charge in [0.05, 0.1) is 33.9 Å². The molecule has 1 aliphatic heterocycles. The third-order valence-corrected chi connectivity index (χ3v) is 5.99. The predicted octanol–water partition coefficient (Wildman–Crippen LogP) is 1.57. The van der Waals surface area contributed by atoms with E-state index in [9.17, 15) is 9.90 Å². The fourth-order valence-corrected chi connectivity index (χ4v) is 3.88. The van der Waals surface area contributed by atoms with Gasteiger partial charge in [-0.3, -0.25) is 4.79 Å². The summed E-state index contributed by atoms with van der Waals surface area (Å²) in [5.74, 6) is 0.194. The molecular formula is C20H26N4O4S. The number of likely N-dealkylation sites (N-methyl/N-ethyl adjacent to an activating group) is 1. The van der Waals surface area contributed by atoms with E-state index < -0.39 is 5.54 Å². The maximum Gasteiger partial charge on any atom is 0.268 e. The van der Waals surface area contributed by atoms with Crippen LogP contribution in [0.5, 0.6) is 0 Å². The Morgan fingerprint density at radius 2 is 2.17 bits per heavy atom. The zero-order valence-electron chi connectivity index (χ0n) is 16.6. The lowest BCUT2D eigenvalue weighted by atomic mass is 9.90. The molecule has 0 aromatic carbocycles. The topological polar surface area (TPSA) is 117 Å². The number of nitrogens with one attached hydrogen (secondary N) is 3. The molecule has 0 unspecified atom stereocenters. The van der Waals surface area contributed by atoms with Gasteiger partial charge in [0, 0.05) is 25.8 Å². The molecule has 1 aliphatic carbocycles. The highest BCUT2D eigenvalue weighted by Gasteiger charge is 2.35. The normalized spacial score (nSPS) is 20.1. The van der Waals surface area contributed by atoms with Gasteiger partial charge in [-0.1, -0.05) is 0 Å². The van der Waals surface area contributed by atoms with E-state index in [1.54, 1.807) is 30.8 Å². The number of aryl methyl sites for hydroxylation is 1. The number of rotatable bonds is 7. The molecule has 9 heteroatoms. The number of carbonyl (C=O) groups excluding carboxylic acids is 1. The number of allylic oxidation sites excluding steroid dienone is 4. The van der Waals surface area contributed by atoms with Gasteiger partial charge in [-0.15, -0.1) is 11.3 Å². The molecule has 3 rings (SSSR count). The maximum absolute atomic E-state index is 13.0. The largest absolute Gasteiger partial charge is 0.488 e. The first-order chi connectivity index (χ1) is 14.0. The first-order valence-corrected chi connectivity index (χ1v) is 10.3. The Balaban J connectivity index is 1.79. The molecule has 2 heterocycles. The van der Waals surface area contributed by atoms with Gasteiger partial charge in [-0.25, -0.2) is 4.98 Å². The lowest BCUT2D eigenvalue weighted by Crippen LogP contribution is -2.55. The molecule has 1 saturated heterocycles. The molecule has 0 bridgehead atoms. The van der Waals surface area contributed by atoms with Crippen LogP contribution in [-0.4, -0.2) is 54.1 Å². The van der Waals surface area contributed by atoms with Gasteiger partial charge in [0.25, 0.3) is 5.91 Å². The number of thiazole rings is 1. The highest BCUT2D eigenvalue weighted by atomic mass is 32.1. The van der Waals surface area contributed by atoms with Crippen molar-refractivity contribution in [1.82, 2.24) is 15.6 Å². The highest BCUT2D eigenvalue weighted by Crippen LogP contribution is 2.23. The number of aromatic nitrogens is 1. The Hall–Kier alpha value is -2.49. The van der Waals surface area contributed by atoms with Gasteiger partial charge in [0.2, 0.25) is 0 Å². The Morgan fingerprint density at radius 1 is 1.41 bits per heavy atom. The predicted molar refractivity (Wildman–Crippen MR) is 111 cm³/mol. The second-order valence-electron chi connectivity index (χ2n) is 6.99. The maximum atomic E-state index is 13.0. The molecule has 1 aromatic rings. The van der Waals surface area contributed by atoms with E-state index in [1.807, 2.05) is 6.92 Å². The summed E-state index contributed by atoms with van der Waals surface area (Å²) in [7, 11) is 1.64. The second-order valence-corrected chi connectivity index (χ2v) is 7.93. The number of ether oxygens (including phenoxy) is 2. The number of amides is 1. The van der Waals surface area contributed by atoms with Crippen LogP contribution in [0.1, 0.15) is 23.4 Å². The fourth-order valence-electron chi connectivity index (χ4n) is 3.19. The van der Waals surface area contributed by atoms with Crippen molar-refractivity contribution < 1.29 is 19.4 Å². The molecule has 0 atom stereocenters. The van der Waals surface area contributed by atoms with Crippen LogP contribution in [0.25, 0.3) is 0 Å². The van der Waals surface area contributed by atoms with Gasteiger partial charge in [-0.05, 0) is 38.0 Å². The van der Waals surface area contributed by atoms with Crippen LogP contribution in [0.15, 0.2) is 40.8 Å². The first-order valence-electron chi connectivity index (χ1n) is 9.41. The quantitative estimate of drug-likeness (QED) is 0.500. The summed E-state index contributed by atoms with van der Waals surface area (Å²) in [6.45, 7) is 3.11. The van der Waals surface area contributed by atoms with Crippen molar-refractivity contribution in [2.24, 2.45) is 0 Å². The van der Waals surface area contributed by atoms with Crippen LogP contribution in [0.4, 0.5) is 0 Å². The van der Waals surface area contributed by atoms with Crippen LogP contribution in [0.3, 0.4) is 0 Å². The van der Waals surface area contributed by atoms with E-state index in [0.717, 1.165) is 10.6 Å². The van der Waals surface area contributed by atoms with E-state index in [1.165, 1.54) is 11.3 Å². The molecule has 8 nitrogen and oxygen atoms in total. The first kappa shape index (κ1) is 21.2. The zero-order valence-corrected chi connectivity index (χ0v) is 17.4. The smallest absolute Gasteiger partial charge is 0.268 e. The van der Waals surface area contributed by atoms with Crippen molar-refractivity contribution in [2.75, 3.05) is 26.9 Å². The molecule has 29 heavy (non-hydrogen) atoms. The number of carbonyl (C=O) groups is 1. The van der Waals surface area contributed by atoms with Crippen molar-refractivity contribution in [2.45, 2.75) is 31.9 Å². The van der Waals surface area contributed by atoms with Crippen LogP contribution < -0.4 is 10.6 Å². The van der Waals surface area contributed by atoms with Crippen LogP contribution in [0, 0.1) is 12.3 Å².